The van der Waals surface area contributed by atoms with Gasteiger partial charge in [0.2, 0.25) is 0 Å². The van der Waals surface area contributed by atoms with Gasteiger partial charge in [-0.25, -0.2) is 0 Å². The van der Waals surface area contributed by atoms with Crippen LogP contribution >= 0.6 is 0 Å². The van der Waals surface area contributed by atoms with Crippen LogP contribution in [0.25, 0.3) is 11.1 Å². The molecule has 2 aromatic carbocycles. The summed E-state index contributed by atoms with van der Waals surface area (Å²) in [7, 11) is -2.07. The van der Waals surface area contributed by atoms with Crippen molar-refractivity contribution in [1.29, 1.82) is 0 Å². The third-order valence-electron chi connectivity index (χ3n) is 7.43. The maximum absolute atomic E-state index is 13.5. The molecule has 38 heavy (non-hydrogen) atoms. The second-order valence-corrected chi connectivity index (χ2v) is 18.1. The predicted octanol–water partition coefficient (Wildman–Crippen LogP) is 5.54. The number of hydrogen-bond acceptors (Lipinski definition) is 5. The van der Waals surface area contributed by atoms with Crippen LogP contribution in [0.15, 0.2) is 42.5 Å². The molecule has 1 N–H and O–H groups in total. The predicted molar refractivity (Wildman–Crippen MR) is 156 cm³/mol. The molecule has 2 aromatic rings. The van der Waals surface area contributed by atoms with Gasteiger partial charge in [-0.2, -0.15) is 0 Å². The number of rotatable bonds is 12. The number of nitrogens with one attached hydrogen (secondary N) is 1. The summed E-state index contributed by atoms with van der Waals surface area (Å²) in [6.07, 6.45) is 9.36. The summed E-state index contributed by atoms with van der Waals surface area (Å²) < 4.78 is 28.2. The number of aryl methyl sites for hydroxylation is 1. The molecule has 2 atom stereocenters. The zero-order chi connectivity index (χ0) is 27.7. The van der Waals surface area contributed by atoms with Crippen molar-refractivity contribution >= 4 is 36.4 Å². The monoisotopic (exact) mass is 603 g/mol. The minimum atomic E-state index is -3.30. The van der Waals surface area contributed by atoms with E-state index in [1.807, 2.05) is 43.3 Å². The van der Waals surface area contributed by atoms with E-state index in [1.165, 1.54) is 56.4 Å². The van der Waals surface area contributed by atoms with Crippen molar-refractivity contribution in [2.24, 2.45) is 5.92 Å². The average Bonchev–Trinajstić information content (AvgIpc) is 2.89. The fraction of sp³-hybridized carbons (Fsp3) is 0.533. The third-order valence-corrected chi connectivity index (χ3v) is 12.4. The van der Waals surface area contributed by atoms with E-state index in [0.717, 1.165) is 34.1 Å². The summed E-state index contributed by atoms with van der Waals surface area (Å²) in [4.78, 5) is 25.8. The van der Waals surface area contributed by atoms with Crippen molar-refractivity contribution < 1.29 is 22.7 Å². The Labute approximate surface area is 233 Å². The van der Waals surface area contributed by atoms with Crippen LogP contribution in [-0.4, -0.2) is 60.1 Å². The Morgan fingerprint density at radius 2 is 1.79 bits per heavy atom. The van der Waals surface area contributed by atoms with Gasteiger partial charge in [0, 0.05) is 0 Å². The Bertz CT molecular complexity index is 1210. The first-order chi connectivity index (χ1) is 18.1. The normalized spacial score (nSPS) is 16.0. The van der Waals surface area contributed by atoms with Crippen molar-refractivity contribution in [2.45, 2.75) is 74.0 Å². The fourth-order valence-electron chi connectivity index (χ4n) is 5.21. The molecule has 1 aliphatic rings. The van der Waals surface area contributed by atoms with Crippen molar-refractivity contribution in [3.63, 3.8) is 0 Å². The van der Waals surface area contributed by atoms with E-state index in [0.29, 0.717) is 5.56 Å². The van der Waals surface area contributed by atoms with Crippen molar-refractivity contribution in [3.8, 4) is 11.1 Å². The summed E-state index contributed by atoms with van der Waals surface area (Å²) in [6, 6.07) is 12.9. The van der Waals surface area contributed by atoms with Gasteiger partial charge in [-0.3, -0.25) is 0 Å². The van der Waals surface area contributed by atoms with E-state index in [4.69, 9.17) is 4.74 Å². The van der Waals surface area contributed by atoms with E-state index in [2.05, 4.69) is 17.1 Å². The van der Waals surface area contributed by atoms with Gasteiger partial charge in [0.15, 0.2) is 0 Å². The van der Waals surface area contributed by atoms with Crippen molar-refractivity contribution in [2.75, 3.05) is 19.1 Å². The number of carbonyl (C=O) groups excluding carboxylic acids is 2. The fourth-order valence-corrected chi connectivity index (χ4v) is 9.62. The number of hydrogen-bond donors (Lipinski definition) is 1. The molecule has 0 aromatic heterocycles. The van der Waals surface area contributed by atoms with E-state index >= 15 is 0 Å². The molecule has 1 saturated carbocycles. The van der Waals surface area contributed by atoms with Gasteiger partial charge < -0.3 is 0 Å². The zero-order valence-electron chi connectivity index (χ0n) is 23.2. The van der Waals surface area contributed by atoms with Gasteiger partial charge in [0.1, 0.15) is 0 Å². The number of esters is 1. The minimum absolute atomic E-state index is 0.0422. The molecule has 6 nitrogen and oxygen atoms in total. The molecule has 0 spiro atoms. The summed E-state index contributed by atoms with van der Waals surface area (Å²) >= 11 is -1.03. The van der Waals surface area contributed by atoms with Crippen LogP contribution in [0.5, 0.6) is 0 Å². The molecule has 0 radical (unpaired) electrons. The Balaban J connectivity index is 1.82. The van der Waals surface area contributed by atoms with E-state index in [1.54, 1.807) is 0 Å². The first-order valence-corrected chi connectivity index (χ1v) is 20.1. The van der Waals surface area contributed by atoms with Crippen LogP contribution in [0.3, 0.4) is 0 Å². The van der Waals surface area contributed by atoms with E-state index < -0.39 is 42.4 Å². The van der Waals surface area contributed by atoms with E-state index in [-0.39, 0.29) is 12.2 Å². The molecule has 1 aliphatic carbocycles. The van der Waals surface area contributed by atoms with Crippen LogP contribution in [-0.2, 0) is 24.6 Å². The van der Waals surface area contributed by atoms with Crippen molar-refractivity contribution in [3.05, 3.63) is 59.2 Å². The molecule has 0 aliphatic heterocycles. The quantitative estimate of drug-likeness (QED) is 0.254. The van der Waals surface area contributed by atoms with Gasteiger partial charge in [0.25, 0.3) is 0 Å². The standard InChI is InChI=1S/C30H42AsNO5S/c1-22-10-8-9-13-25(22)27-20-24(21-31(2)18-16-23-11-6-5-7-12-23)14-15-26(27)29(33)32-28(30(34)37-3)17-19-38(4,35)36/h8-10,13-15,20,23,28H,5-7,11-12,16-19,21H2,1-4H3,(H,32,33)/t28-,31?/m0/s1. The summed E-state index contributed by atoms with van der Waals surface area (Å²) in [5.41, 5.74) is 7.03. The second-order valence-electron chi connectivity index (χ2n) is 10.7. The molecule has 0 heterocycles. The molecule has 1 unspecified atom stereocenters. The van der Waals surface area contributed by atoms with Crippen LogP contribution < -0.4 is 5.32 Å². The first kappa shape index (κ1) is 30.4. The zero-order valence-corrected chi connectivity index (χ0v) is 25.9. The van der Waals surface area contributed by atoms with Gasteiger partial charge in [-0.1, -0.05) is 0 Å². The van der Waals surface area contributed by atoms with E-state index in [9.17, 15) is 18.0 Å². The van der Waals surface area contributed by atoms with Crippen molar-refractivity contribution in [1.82, 2.24) is 5.32 Å². The Kier molecular flexibility index (Phi) is 11.5. The number of carbonyl (C=O) groups is 2. The summed E-state index contributed by atoms with van der Waals surface area (Å²) in [5, 5.41) is 5.17. The third kappa shape index (κ3) is 9.27. The Hall–Kier alpha value is -2.11. The van der Waals surface area contributed by atoms with Crippen LogP contribution in [0.4, 0.5) is 0 Å². The molecular formula is C30H42AsNO5S. The number of methoxy groups -OCH3 is 1. The average molecular weight is 604 g/mol. The molecule has 0 saturated heterocycles. The Morgan fingerprint density at radius 1 is 1.08 bits per heavy atom. The number of benzene rings is 2. The van der Waals surface area contributed by atoms with Gasteiger partial charge in [-0.15, -0.1) is 0 Å². The topological polar surface area (TPSA) is 89.5 Å². The SMILES string of the molecule is COC(=O)[C@H](CCS(C)(=O)=O)NC(=O)c1ccc(C[As](C)CCC2CCCCC2)cc1-c1ccccc1C. The van der Waals surface area contributed by atoms with Gasteiger partial charge >= 0.3 is 234 Å². The summed E-state index contributed by atoms with van der Waals surface area (Å²) in [6.45, 7) is 2.02. The molecule has 1 amide bonds. The van der Waals surface area contributed by atoms with Gasteiger partial charge in [0.05, 0.1) is 0 Å². The number of ether oxygens (including phenoxy) is 1. The van der Waals surface area contributed by atoms with Crippen LogP contribution in [0, 0.1) is 12.8 Å². The maximum atomic E-state index is 13.5. The molecule has 3 rings (SSSR count). The molecule has 8 heteroatoms. The Morgan fingerprint density at radius 3 is 2.45 bits per heavy atom. The first-order valence-electron chi connectivity index (χ1n) is 13.5. The van der Waals surface area contributed by atoms with Gasteiger partial charge in [-0.05, 0) is 0 Å². The second kappa shape index (κ2) is 14.3. The number of amides is 1. The van der Waals surface area contributed by atoms with Crippen LogP contribution in [0.1, 0.15) is 66.4 Å². The molecule has 1 fully saturated rings. The molecular weight excluding hydrogens is 561 g/mol. The summed E-state index contributed by atoms with van der Waals surface area (Å²) in [5.74, 6) is -0.393. The molecule has 0 bridgehead atoms. The van der Waals surface area contributed by atoms with Crippen LogP contribution in [0.2, 0.25) is 10.9 Å². The molecule has 208 valence electrons. The number of sulfone groups is 1.